The Hall–Kier alpha value is -2.46. The topological polar surface area (TPSA) is 60.9 Å². The number of hydrogen-bond donors (Lipinski definition) is 1. The third-order valence-corrected chi connectivity index (χ3v) is 3.83. The van der Waals surface area contributed by atoms with Gasteiger partial charge in [-0.05, 0) is 42.7 Å². The van der Waals surface area contributed by atoms with Crippen LogP contribution in [-0.2, 0) is 5.54 Å². The van der Waals surface area contributed by atoms with Crippen molar-refractivity contribution in [1.29, 1.82) is 0 Å². The Morgan fingerprint density at radius 2 is 1.73 bits per heavy atom. The molecule has 0 unspecified atom stereocenters. The Morgan fingerprint density at radius 1 is 1.09 bits per heavy atom. The second-order valence-electron chi connectivity index (χ2n) is 6.15. The normalized spacial score (nSPS) is 11.8. The second kappa shape index (κ2) is 5.07. The summed E-state index contributed by atoms with van der Waals surface area (Å²) in [7, 11) is 0. The molecule has 0 amide bonds. The van der Waals surface area contributed by atoms with Gasteiger partial charge in [-0.1, -0.05) is 30.3 Å². The summed E-state index contributed by atoms with van der Waals surface area (Å²) in [6, 6.07) is 14.2. The van der Waals surface area contributed by atoms with E-state index in [0.717, 1.165) is 27.6 Å². The van der Waals surface area contributed by atoms with Crippen molar-refractivity contribution in [3.63, 3.8) is 0 Å². The summed E-state index contributed by atoms with van der Waals surface area (Å²) in [5.74, 6) is -0.0859. The van der Waals surface area contributed by atoms with E-state index in [2.05, 4.69) is 29.4 Å². The lowest BCUT2D eigenvalue weighted by molar-refractivity contribution is 0.0927. The first-order valence-corrected chi connectivity index (χ1v) is 7.25. The van der Waals surface area contributed by atoms with E-state index in [0.29, 0.717) is 0 Å². The predicted molar refractivity (Wildman–Crippen MR) is 88.7 cm³/mol. The van der Waals surface area contributed by atoms with E-state index in [1.165, 1.54) is 11.6 Å². The number of fused-ring (bicyclic) bond motifs is 1. The number of hydrogen-bond acceptors (Lipinski definition) is 3. The molecule has 3 aromatic rings. The van der Waals surface area contributed by atoms with Gasteiger partial charge in [0.25, 0.3) is 0 Å². The molecule has 2 N–H and O–H groups in total. The van der Waals surface area contributed by atoms with Crippen LogP contribution in [0.3, 0.4) is 0 Å². The minimum Gasteiger partial charge on any atom is -0.322 e. The standard InChI is InChI=1S/C18H19N3O/c1-12(22)21-17-9-6-14(10-15(17)11-20-21)13-4-7-16(8-5-13)18(2,3)19/h4-11H,19H2,1-3H3. The number of rotatable bonds is 2. The molecule has 0 radical (unpaired) electrons. The van der Waals surface area contributed by atoms with Crippen LogP contribution >= 0.6 is 0 Å². The van der Waals surface area contributed by atoms with Gasteiger partial charge in [0.2, 0.25) is 5.91 Å². The van der Waals surface area contributed by atoms with Gasteiger partial charge in [0, 0.05) is 17.8 Å². The molecule has 0 spiro atoms. The van der Waals surface area contributed by atoms with Gasteiger partial charge in [-0.15, -0.1) is 0 Å². The van der Waals surface area contributed by atoms with Crippen molar-refractivity contribution < 1.29 is 4.79 Å². The van der Waals surface area contributed by atoms with E-state index in [9.17, 15) is 4.79 Å². The molecule has 3 rings (SSSR count). The second-order valence-corrected chi connectivity index (χ2v) is 6.15. The van der Waals surface area contributed by atoms with E-state index < -0.39 is 0 Å². The minimum atomic E-state index is -0.342. The summed E-state index contributed by atoms with van der Waals surface area (Å²) in [5, 5.41) is 5.08. The molecule has 0 saturated heterocycles. The molecule has 0 aliphatic rings. The van der Waals surface area contributed by atoms with Crippen molar-refractivity contribution in [3.05, 3.63) is 54.2 Å². The zero-order valence-electron chi connectivity index (χ0n) is 13.0. The van der Waals surface area contributed by atoms with E-state index in [-0.39, 0.29) is 11.4 Å². The molecule has 1 heterocycles. The van der Waals surface area contributed by atoms with Gasteiger partial charge < -0.3 is 5.73 Å². The summed E-state index contributed by atoms with van der Waals surface area (Å²) in [5.41, 5.74) is 9.90. The van der Waals surface area contributed by atoms with Gasteiger partial charge in [-0.3, -0.25) is 4.79 Å². The molecule has 0 fully saturated rings. The number of carbonyl (C=O) groups is 1. The van der Waals surface area contributed by atoms with Gasteiger partial charge in [0.05, 0.1) is 11.7 Å². The van der Waals surface area contributed by atoms with Crippen molar-refractivity contribution in [2.24, 2.45) is 5.73 Å². The lowest BCUT2D eigenvalue weighted by atomic mass is 9.93. The van der Waals surface area contributed by atoms with Crippen molar-refractivity contribution in [2.45, 2.75) is 26.3 Å². The fourth-order valence-electron chi connectivity index (χ4n) is 2.56. The maximum Gasteiger partial charge on any atom is 0.244 e. The van der Waals surface area contributed by atoms with E-state index in [1.54, 1.807) is 6.20 Å². The van der Waals surface area contributed by atoms with Crippen molar-refractivity contribution in [2.75, 3.05) is 0 Å². The number of nitrogens with two attached hydrogens (primary N) is 1. The average Bonchev–Trinajstić information content (AvgIpc) is 2.89. The zero-order valence-corrected chi connectivity index (χ0v) is 13.0. The van der Waals surface area contributed by atoms with Crippen LogP contribution in [0, 0.1) is 0 Å². The van der Waals surface area contributed by atoms with Crippen LogP contribution in [0.5, 0.6) is 0 Å². The predicted octanol–water partition coefficient (Wildman–Crippen LogP) is 3.56. The summed E-state index contributed by atoms with van der Waals surface area (Å²) >= 11 is 0. The molecule has 112 valence electrons. The SMILES string of the molecule is CC(=O)n1ncc2cc(-c3ccc(C(C)(C)N)cc3)ccc21. The molecular weight excluding hydrogens is 274 g/mol. The average molecular weight is 293 g/mol. The number of benzene rings is 2. The molecule has 4 nitrogen and oxygen atoms in total. The smallest absolute Gasteiger partial charge is 0.244 e. The molecular formula is C18H19N3O. The van der Waals surface area contributed by atoms with E-state index in [4.69, 9.17) is 5.73 Å². The highest BCUT2D eigenvalue weighted by molar-refractivity contribution is 5.92. The summed E-state index contributed by atoms with van der Waals surface area (Å²) in [6.45, 7) is 5.49. The maximum atomic E-state index is 11.5. The Kier molecular flexibility index (Phi) is 3.34. The lowest BCUT2D eigenvalue weighted by Crippen LogP contribution is -2.28. The van der Waals surface area contributed by atoms with Gasteiger partial charge in [-0.2, -0.15) is 5.10 Å². The molecule has 0 aliphatic carbocycles. The van der Waals surface area contributed by atoms with Gasteiger partial charge in [0.15, 0.2) is 0 Å². The molecule has 2 aromatic carbocycles. The summed E-state index contributed by atoms with van der Waals surface area (Å²) < 4.78 is 1.42. The monoisotopic (exact) mass is 293 g/mol. The molecule has 0 atom stereocenters. The van der Waals surface area contributed by atoms with E-state index in [1.807, 2.05) is 32.0 Å². The first-order chi connectivity index (χ1) is 10.4. The molecule has 0 aliphatic heterocycles. The number of nitrogens with zero attached hydrogens (tertiary/aromatic N) is 2. The zero-order chi connectivity index (χ0) is 15.9. The number of aromatic nitrogens is 2. The summed E-state index contributed by atoms with van der Waals surface area (Å²) in [6.07, 6.45) is 1.72. The highest BCUT2D eigenvalue weighted by Gasteiger charge is 2.14. The molecule has 4 heteroatoms. The van der Waals surface area contributed by atoms with E-state index >= 15 is 0 Å². The molecule has 22 heavy (non-hydrogen) atoms. The Morgan fingerprint density at radius 3 is 2.32 bits per heavy atom. The van der Waals surface area contributed by atoms with Crippen molar-refractivity contribution in [3.8, 4) is 11.1 Å². The van der Waals surface area contributed by atoms with Gasteiger partial charge in [0.1, 0.15) is 0 Å². The van der Waals surface area contributed by atoms with Crippen molar-refractivity contribution >= 4 is 16.8 Å². The largest absolute Gasteiger partial charge is 0.322 e. The minimum absolute atomic E-state index is 0.0859. The van der Waals surface area contributed by atoms with Crippen LogP contribution in [0.2, 0.25) is 0 Å². The molecule has 0 saturated carbocycles. The van der Waals surface area contributed by atoms with Crippen LogP contribution in [0.1, 0.15) is 31.1 Å². The highest BCUT2D eigenvalue weighted by Crippen LogP contribution is 2.26. The fourth-order valence-corrected chi connectivity index (χ4v) is 2.56. The van der Waals surface area contributed by atoms with Crippen LogP contribution in [0.4, 0.5) is 0 Å². The highest BCUT2D eigenvalue weighted by atomic mass is 16.2. The first-order valence-electron chi connectivity index (χ1n) is 7.25. The lowest BCUT2D eigenvalue weighted by Gasteiger charge is -2.19. The Bertz CT molecular complexity index is 839. The molecule has 0 bridgehead atoms. The van der Waals surface area contributed by atoms with Crippen LogP contribution in [0.15, 0.2) is 48.7 Å². The van der Waals surface area contributed by atoms with Crippen LogP contribution in [-0.4, -0.2) is 15.7 Å². The maximum absolute atomic E-state index is 11.5. The Balaban J connectivity index is 2.02. The fraction of sp³-hybridized carbons (Fsp3) is 0.222. The van der Waals surface area contributed by atoms with Gasteiger partial charge >= 0.3 is 0 Å². The van der Waals surface area contributed by atoms with Crippen molar-refractivity contribution in [1.82, 2.24) is 9.78 Å². The van der Waals surface area contributed by atoms with Crippen LogP contribution < -0.4 is 5.73 Å². The number of carbonyl (C=O) groups excluding carboxylic acids is 1. The quantitative estimate of drug-likeness (QED) is 0.786. The third kappa shape index (κ3) is 2.53. The Labute approximate surface area is 129 Å². The third-order valence-electron chi connectivity index (χ3n) is 3.83. The van der Waals surface area contributed by atoms with Crippen LogP contribution in [0.25, 0.3) is 22.0 Å². The summed E-state index contributed by atoms with van der Waals surface area (Å²) in [4.78, 5) is 11.5. The first kappa shape index (κ1) is 14.5. The van der Waals surface area contributed by atoms with Gasteiger partial charge in [-0.25, -0.2) is 4.68 Å². The molecule has 1 aromatic heterocycles.